The second-order valence-electron chi connectivity index (χ2n) is 5.01. The Hall–Kier alpha value is -0.610. The van der Waals surface area contributed by atoms with Crippen LogP contribution in [-0.2, 0) is 4.79 Å². The third-order valence-electron chi connectivity index (χ3n) is 2.93. The molecular formula is C11H22N2O2. The third-order valence-corrected chi connectivity index (χ3v) is 2.93. The molecule has 1 rings (SSSR count). The van der Waals surface area contributed by atoms with Gasteiger partial charge in [0.25, 0.3) is 5.91 Å². The van der Waals surface area contributed by atoms with Crippen molar-refractivity contribution in [3.05, 3.63) is 0 Å². The van der Waals surface area contributed by atoms with E-state index in [1.54, 1.807) is 0 Å². The molecule has 1 atom stereocenters. The minimum Gasteiger partial charge on any atom is -0.381 e. The van der Waals surface area contributed by atoms with Crippen LogP contribution in [0.3, 0.4) is 0 Å². The maximum atomic E-state index is 11.4. The smallest absolute Gasteiger partial charge is 0.251 e. The Morgan fingerprint density at radius 2 is 2.13 bits per heavy atom. The number of hydrogen-bond donors (Lipinski definition) is 2. The van der Waals surface area contributed by atoms with E-state index in [4.69, 9.17) is 0 Å². The molecule has 0 heterocycles. The molecule has 0 aliphatic heterocycles. The zero-order valence-corrected chi connectivity index (χ0v) is 10.1. The Balaban J connectivity index is 2.27. The van der Waals surface area contributed by atoms with E-state index < -0.39 is 5.60 Å². The lowest BCUT2D eigenvalue weighted by Gasteiger charge is -2.26. The molecular weight excluding hydrogens is 192 g/mol. The highest BCUT2D eigenvalue weighted by Crippen LogP contribution is 2.26. The van der Waals surface area contributed by atoms with Crippen molar-refractivity contribution in [2.24, 2.45) is 0 Å². The van der Waals surface area contributed by atoms with Gasteiger partial charge in [0, 0.05) is 18.6 Å². The zero-order valence-electron chi connectivity index (χ0n) is 10.1. The van der Waals surface area contributed by atoms with Crippen LogP contribution < -0.4 is 5.32 Å². The van der Waals surface area contributed by atoms with Crippen LogP contribution in [0.5, 0.6) is 0 Å². The van der Waals surface area contributed by atoms with Crippen LogP contribution in [0.4, 0.5) is 0 Å². The summed E-state index contributed by atoms with van der Waals surface area (Å²) in [4.78, 5) is 13.7. The first kappa shape index (κ1) is 12.5. The van der Waals surface area contributed by atoms with Gasteiger partial charge >= 0.3 is 0 Å². The first-order valence-electron chi connectivity index (χ1n) is 5.55. The van der Waals surface area contributed by atoms with E-state index in [1.165, 1.54) is 26.7 Å². The summed E-state index contributed by atoms with van der Waals surface area (Å²) in [6.07, 6.45) is 2.53. The number of rotatable bonds is 5. The molecule has 4 heteroatoms. The number of nitrogens with zero attached hydrogens (tertiary/aromatic N) is 1. The molecule has 0 aromatic heterocycles. The molecule has 0 aromatic rings. The molecule has 0 saturated heterocycles. The molecule has 15 heavy (non-hydrogen) atoms. The van der Waals surface area contributed by atoms with E-state index in [0.717, 1.165) is 0 Å². The number of likely N-dealkylation sites (N-methyl/N-ethyl adjacent to an activating group) is 1. The number of nitrogens with one attached hydrogen (secondary N) is 1. The minimum atomic E-state index is -1.28. The van der Waals surface area contributed by atoms with Crippen molar-refractivity contribution in [2.45, 2.75) is 51.3 Å². The largest absolute Gasteiger partial charge is 0.381 e. The lowest BCUT2D eigenvalue weighted by Crippen LogP contribution is -2.47. The van der Waals surface area contributed by atoms with Gasteiger partial charge in [0.2, 0.25) is 0 Å². The van der Waals surface area contributed by atoms with E-state index in [-0.39, 0.29) is 5.91 Å². The summed E-state index contributed by atoms with van der Waals surface area (Å²) in [5.74, 6) is -0.307. The second-order valence-corrected chi connectivity index (χ2v) is 5.01. The zero-order chi connectivity index (χ0) is 11.6. The van der Waals surface area contributed by atoms with Crippen LogP contribution >= 0.6 is 0 Å². The first-order valence-corrected chi connectivity index (χ1v) is 5.55. The van der Waals surface area contributed by atoms with Crippen molar-refractivity contribution in [3.8, 4) is 0 Å². The summed E-state index contributed by atoms with van der Waals surface area (Å²) < 4.78 is 0. The van der Waals surface area contributed by atoms with Gasteiger partial charge in [-0.25, -0.2) is 0 Å². The van der Waals surface area contributed by atoms with E-state index in [2.05, 4.69) is 24.2 Å². The summed E-state index contributed by atoms with van der Waals surface area (Å²) in [7, 11) is 2.08. The van der Waals surface area contributed by atoms with Crippen molar-refractivity contribution < 1.29 is 9.90 Å². The van der Waals surface area contributed by atoms with Gasteiger partial charge in [-0.2, -0.15) is 0 Å². The standard InChI is InChI=1S/C11H22N2O2/c1-8(13(4)9-5-6-9)7-12-10(14)11(2,3)15/h8-9,15H,5-7H2,1-4H3,(H,12,14). The van der Waals surface area contributed by atoms with Crippen molar-refractivity contribution in [1.82, 2.24) is 10.2 Å². The number of carbonyl (C=O) groups is 1. The lowest BCUT2D eigenvalue weighted by molar-refractivity contribution is -0.136. The Morgan fingerprint density at radius 1 is 1.60 bits per heavy atom. The molecule has 1 aliphatic rings. The minimum absolute atomic E-state index is 0.307. The van der Waals surface area contributed by atoms with Gasteiger partial charge in [0.05, 0.1) is 0 Å². The van der Waals surface area contributed by atoms with Gasteiger partial charge < -0.3 is 10.4 Å². The molecule has 0 aromatic carbocycles. The van der Waals surface area contributed by atoms with E-state index >= 15 is 0 Å². The SMILES string of the molecule is CC(CNC(=O)C(C)(C)O)N(C)C1CC1. The summed E-state index contributed by atoms with van der Waals surface area (Å²) >= 11 is 0. The average Bonchev–Trinajstić information content (AvgIpc) is 2.93. The molecule has 1 aliphatic carbocycles. The normalized spacial score (nSPS) is 19.1. The number of aliphatic hydroxyl groups is 1. The summed E-state index contributed by atoms with van der Waals surface area (Å²) in [6, 6.07) is 1.02. The van der Waals surface area contributed by atoms with Gasteiger partial charge in [-0.15, -0.1) is 0 Å². The Morgan fingerprint density at radius 3 is 2.53 bits per heavy atom. The van der Waals surface area contributed by atoms with E-state index in [1.807, 2.05) is 0 Å². The quantitative estimate of drug-likeness (QED) is 0.694. The molecule has 2 N–H and O–H groups in total. The lowest BCUT2D eigenvalue weighted by atomic mass is 10.1. The predicted molar refractivity (Wildman–Crippen MR) is 59.6 cm³/mol. The molecule has 88 valence electrons. The van der Waals surface area contributed by atoms with Crippen LogP contribution in [0.15, 0.2) is 0 Å². The fraction of sp³-hybridized carbons (Fsp3) is 0.909. The van der Waals surface area contributed by atoms with Crippen molar-refractivity contribution in [2.75, 3.05) is 13.6 Å². The average molecular weight is 214 g/mol. The Kier molecular flexibility index (Phi) is 3.73. The molecule has 1 amide bonds. The molecule has 4 nitrogen and oxygen atoms in total. The summed E-state index contributed by atoms with van der Waals surface area (Å²) in [6.45, 7) is 5.67. The highest BCUT2D eigenvalue weighted by atomic mass is 16.3. The van der Waals surface area contributed by atoms with Gasteiger partial charge in [-0.1, -0.05) is 0 Å². The number of amides is 1. The molecule has 1 fully saturated rings. The third kappa shape index (κ3) is 3.80. The van der Waals surface area contributed by atoms with Crippen molar-refractivity contribution in [3.63, 3.8) is 0 Å². The molecule has 0 radical (unpaired) electrons. The first-order chi connectivity index (χ1) is 6.82. The Bertz CT molecular complexity index is 231. The van der Waals surface area contributed by atoms with Crippen LogP contribution in [0, 0.1) is 0 Å². The highest BCUT2D eigenvalue weighted by molar-refractivity contribution is 5.83. The maximum absolute atomic E-state index is 11.4. The van der Waals surface area contributed by atoms with Crippen LogP contribution in [-0.4, -0.2) is 47.2 Å². The van der Waals surface area contributed by atoms with Crippen molar-refractivity contribution in [1.29, 1.82) is 0 Å². The van der Waals surface area contributed by atoms with Crippen LogP contribution in [0.25, 0.3) is 0 Å². The van der Waals surface area contributed by atoms with Gasteiger partial charge in [-0.05, 0) is 40.7 Å². The number of hydrogen-bond acceptors (Lipinski definition) is 3. The fourth-order valence-corrected chi connectivity index (χ4v) is 1.44. The van der Waals surface area contributed by atoms with E-state index in [9.17, 15) is 9.90 Å². The fourth-order valence-electron chi connectivity index (χ4n) is 1.44. The Labute approximate surface area is 91.6 Å². The van der Waals surface area contributed by atoms with Gasteiger partial charge in [0.1, 0.15) is 5.60 Å². The number of carbonyl (C=O) groups excluding carboxylic acids is 1. The summed E-state index contributed by atoms with van der Waals surface area (Å²) in [5, 5.41) is 12.2. The predicted octanol–water partition coefficient (Wildman–Crippen LogP) is 0.356. The monoisotopic (exact) mass is 214 g/mol. The molecule has 1 unspecified atom stereocenters. The second kappa shape index (κ2) is 4.49. The highest BCUT2D eigenvalue weighted by Gasteiger charge is 2.30. The van der Waals surface area contributed by atoms with Gasteiger partial charge in [0.15, 0.2) is 0 Å². The molecule has 0 bridgehead atoms. The summed E-state index contributed by atoms with van der Waals surface area (Å²) in [5.41, 5.74) is -1.28. The van der Waals surface area contributed by atoms with Crippen LogP contribution in [0.2, 0.25) is 0 Å². The van der Waals surface area contributed by atoms with Crippen LogP contribution in [0.1, 0.15) is 33.6 Å². The van der Waals surface area contributed by atoms with Gasteiger partial charge in [-0.3, -0.25) is 9.69 Å². The van der Waals surface area contributed by atoms with Crippen molar-refractivity contribution >= 4 is 5.91 Å². The molecule has 0 spiro atoms. The molecule has 1 saturated carbocycles. The topological polar surface area (TPSA) is 52.6 Å². The maximum Gasteiger partial charge on any atom is 0.251 e. The van der Waals surface area contributed by atoms with E-state index in [0.29, 0.717) is 18.6 Å².